The number of carbonyl (C=O) groups is 1. The zero-order valence-corrected chi connectivity index (χ0v) is 11.2. The first-order valence-corrected chi connectivity index (χ1v) is 5.58. The van der Waals surface area contributed by atoms with Crippen LogP contribution in [-0.4, -0.2) is 37.6 Å². The van der Waals surface area contributed by atoms with Crippen molar-refractivity contribution in [3.05, 3.63) is 12.7 Å². The maximum Gasteiger partial charge on any atom is 0.329 e. The van der Waals surface area contributed by atoms with Gasteiger partial charge in [-0.25, -0.2) is 4.79 Å². The lowest BCUT2D eigenvalue weighted by atomic mass is 10.5. The van der Waals surface area contributed by atoms with E-state index >= 15 is 0 Å². The monoisotopic (exact) mass is 217 g/mol. The number of hydrogen-bond acceptors (Lipinski definition) is 3. The molecule has 3 nitrogen and oxygen atoms in total. The fourth-order valence-corrected chi connectivity index (χ4v) is 0.754. The van der Waals surface area contributed by atoms with E-state index in [-0.39, 0.29) is 0 Å². The molecule has 0 saturated carbocycles. The van der Waals surface area contributed by atoms with Gasteiger partial charge in [0.25, 0.3) is 0 Å². The van der Waals surface area contributed by atoms with E-state index in [1.165, 1.54) is 26.7 Å². The standard InChI is InChI=1S/C6H15N.C4H6O2.C2H6/c1-4-7(5-2)6-3;1-3-4(5)6-2;1-2/h4-6H2,1-3H3;3H,1H2,2H3;1-2H3. The minimum absolute atomic E-state index is 0.394. The summed E-state index contributed by atoms with van der Waals surface area (Å²) in [4.78, 5) is 12.2. The number of hydrogen-bond donors (Lipinski definition) is 0. The van der Waals surface area contributed by atoms with Crippen molar-refractivity contribution in [2.45, 2.75) is 34.6 Å². The highest BCUT2D eigenvalue weighted by molar-refractivity contribution is 5.80. The van der Waals surface area contributed by atoms with E-state index in [0.717, 1.165) is 6.08 Å². The molecule has 0 fully saturated rings. The highest BCUT2D eigenvalue weighted by Gasteiger charge is 1.89. The van der Waals surface area contributed by atoms with Gasteiger partial charge in [0.15, 0.2) is 0 Å². The summed E-state index contributed by atoms with van der Waals surface area (Å²) < 4.78 is 4.14. The third-order valence-electron chi connectivity index (χ3n) is 1.71. The predicted octanol–water partition coefficient (Wildman–Crippen LogP) is 2.72. The third kappa shape index (κ3) is 19.5. The largest absolute Gasteiger partial charge is 0.466 e. The fraction of sp³-hybridized carbons (Fsp3) is 0.750. The molecular weight excluding hydrogens is 190 g/mol. The maximum atomic E-state index is 9.84. The van der Waals surface area contributed by atoms with Gasteiger partial charge >= 0.3 is 5.97 Å². The number of ether oxygens (including phenoxy) is 1. The topological polar surface area (TPSA) is 29.5 Å². The Hall–Kier alpha value is -0.830. The van der Waals surface area contributed by atoms with E-state index in [1.807, 2.05) is 13.8 Å². The molecule has 0 atom stereocenters. The highest BCUT2D eigenvalue weighted by Crippen LogP contribution is 1.81. The Labute approximate surface area is 95.1 Å². The van der Waals surface area contributed by atoms with Gasteiger partial charge in [-0.15, -0.1) is 0 Å². The lowest BCUT2D eigenvalue weighted by molar-refractivity contribution is -0.134. The van der Waals surface area contributed by atoms with Gasteiger partial charge in [0.05, 0.1) is 7.11 Å². The molecule has 0 aliphatic carbocycles. The van der Waals surface area contributed by atoms with Gasteiger partial charge in [0.1, 0.15) is 0 Å². The molecule has 0 aliphatic rings. The van der Waals surface area contributed by atoms with Crippen molar-refractivity contribution >= 4 is 5.97 Å². The van der Waals surface area contributed by atoms with E-state index in [1.54, 1.807) is 0 Å². The molecule has 0 bridgehead atoms. The van der Waals surface area contributed by atoms with Crippen LogP contribution in [0.5, 0.6) is 0 Å². The Bertz CT molecular complexity index is 126. The SMILES string of the molecule is C=CC(=O)OC.CC.CCN(CC)CC. The lowest BCUT2D eigenvalue weighted by Gasteiger charge is -2.13. The summed E-state index contributed by atoms with van der Waals surface area (Å²) in [6.07, 6.45) is 1.11. The molecule has 0 heterocycles. The molecule has 0 aromatic rings. The first-order chi connectivity index (χ1) is 7.15. The van der Waals surface area contributed by atoms with Crippen LogP contribution < -0.4 is 0 Å². The third-order valence-corrected chi connectivity index (χ3v) is 1.71. The van der Waals surface area contributed by atoms with Crippen LogP contribution in [0.15, 0.2) is 12.7 Å². The van der Waals surface area contributed by atoms with Crippen molar-refractivity contribution in [3.63, 3.8) is 0 Å². The van der Waals surface area contributed by atoms with E-state index in [9.17, 15) is 4.79 Å². The molecule has 0 aromatic carbocycles. The molecule has 0 aromatic heterocycles. The number of carbonyl (C=O) groups excluding carboxylic acids is 1. The summed E-state index contributed by atoms with van der Waals surface area (Å²) in [5.74, 6) is -0.394. The van der Waals surface area contributed by atoms with Crippen molar-refractivity contribution in [3.8, 4) is 0 Å². The molecule has 15 heavy (non-hydrogen) atoms. The molecule has 0 amide bonds. The van der Waals surface area contributed by atoms with Gasteiger partial charge < -0.3 is 9.64 Å². The van der Waals surface area contributed by atoms with Gasteiger partial charge in [0.2, 0.25) is 0 Å². The van der Waals surface area contributed by atoms with Crippen molar-refractivity contribution in [1.82, 2.24) is 4.90 Å². The van der Waals surface area contributed by atoms with E-state index in [4.69, 9.17) is 0 Å². The summed E-state index contributed by atoms with van der Waals surface area (Å²) in [6, 6.07) is 0. The quantitative estimate of drug-likeness (QED) is 0.535. The highest BCUT2D eigenvalue weighted by atomic mass is 16.5. The molecule has 0 unspecified atom stereocenters. The van der Waals surface area contributed by atoms with Crippen molar-refractivity contribution < 1.29 is 9.53 Å². The summed E-state index contributed by atoms with van der Waals surface area (Å²) in [6.45, 7) is 17.3. The normalized spacial score (nSPS) is 7.93. The summed E-state index contributed by atoms with van der Waals surface area (Å²) in [5.41, 5.74) is 0. The molecule has 0 rings (SSSR count). The molecule has 92 valence electrons. The Kier molecular flexibility index (Phi) is 24.8. The van der Waals surface area contributed by atoms with Crippen LogP contribution in [0.25, 0.3) is 0 Å². The zero-order chi connectivity index (χ0) is 12.7. The number of rotatable bonds is 4. The van der Waals surface area contributed by atoms with Crippen LogP contribution in [0.3, 0.4) is 0 Å². The van der Waals surface area contributed by atoms with Gasteiger partial charge in [-0.1, -0.05) is 41.2 Å². The van der Waals surface area contributed by atoms with Crippen molar-refractivity contribution in [2.24, 2.45) is 0 Å². The summed E-state index contributed by atoms with van der Waals surface area (Å²) in [7, 11) is 1.31. The Morgan fingerprint density at radius 3 is 1.53 bits per heavy atom. The van der Waals surface area contributed by atoms with Crippen LogP contribution in [0.1, 0.15) is 34.6 Å². The van der Waals surface area contributed by atoms with Gasteiger partial charge in [-0.3, -0.25) is 0 Å². The number of methoxy groups -OCH3 is 1. The minimum Gasteiger partial charge on any atom is -0.466 e. The molecule has 0 radical (unpaired) electrons. The Morgan fingerprint density at radius 1 is 1.20 bits per heavy atom. The first kappa shape index (κ1) is 19.7. The second-order valence-electron chi connectivity index (χ2n) is 2.35. The second kappa shape index (κ2) is 18.9. The van der Waals surface area contributed by atoms with Gasteiger partial charge in [-0.05, 0) is 19.6 Å². The Morgan fingerprint density at radius 2 is 1.53 bits per heavy atom. The van der Waals surface area contributed by atoms with Crippen LogP contribution in [-0.2, 0) is 9.53 Å². The van der Waals surface area contributed by atoms with Gasteiger partial charge in [-0.2, -0.15) is 0 Å². The average Bonchev–Trinajstić information content (AvgIpc) is 2.33. The number of esters is 1. The molecule has 0 saturated heterocycles. The minimum atomic E-state index is -0.394. The zero-order valence-electron chi connectivity index (χ0n) is 11.2. The van der Waals surface area contributed by atoms with Crippen LogP contribution in [0.2, 0.25) is 0 Å². The van der Waals surface area contributed by atoms with Crippen LogP contribution in [0, 0.1) is 0 Å². The summed E-state index contributed by atoms with van der Waals surface area (Å²) in [5, 5.41) is 0. The van der Waals surface area contributed by atoms with Crippen molar-refractivity contribution in [1.29, 1.82) is 0 Å². The molecular formula is C12H27NO2. The number of nitrogens with zero attached hydrogens (tertiary/aromatic N) is 1. The second-order valence-corrected chi connectivity index (χ2v) is 2.35. The van der Waals surface area contributed by atoms with E-state index < -0.39 is 5.97 Å². The molecule has 0 N–H and O–H groups in total. The smallest absolute Gasteiger partial charge is 0.329 e. The summed E-state index contributed by atoms with van der Waals surface area (Å²) >= 11 is 0. The molecule has 3 heteroatoms. The Balaban J connectivity index is -0.000000166. The first-order valence-electron chi connectivity index (χ1n) is 5.58. The van der Waals surface area contributed by atoms with E-state index in [0.29, 0.717) is 0 Å². The maximum absolute atomic E-state index is 9.84. The average molecular weight is 217 g/mol. The van der Waals surface area contributed by atoms with Crippen LogP contribution in [0.4, 0.5) is 0 Å². The predicted molar refractivity (Wildman–Crippen MR) is 67.0 cm³/mol. The molecule has 0 aliphatic heterocycles. The fourth-order valence-electron chi connectivity index (χ4n) is 0.754. The lowest BCUT2D eigenvalue weighted by Crippen LogP contribution is -2.21. The van der Waals surface area contributed by atoms with Crippen LogP contribution >= 0.6 is 0 Å². The van der Waals surface area contributed by atoms with Gasteiger partial charge in [0, 0.05) is 6.08 Å². The van der Waals surface area contributed by atoms with E-state index in [2.05, 4.69) is 37.0 Å². The van der Waals surface area contributed by atoms with Crippen molar-refractivity contribution in [2.75, 3.05) is 26.7 Å². The molecule has 0 spiro atoms.